The van der Waals surface area contributed by atoms with E-state index in [4.69, 9.17) is 11.6 Å². The SMILES string of the molecule is O=C(C[C@H](Cn1cnnn1)c1ccc(Cl)cc1)NCCc1c[nH]c2ccccc12. The molecule has 2 heterocycles. The molecule has 4 rings (SSSR count). The molecule has 0 bridgehead atoms. The zero-order chi connectivity index (χ0) is 20.1. The lowest BCUT2D eigenvalue weighted by atomic mass is 9.95. The lowest BCUT2D eigenvalue weighted by molar-refractivity contribution is -0.121. The molecule has 29 heavy (non-hydrogen) atoms. The molecule has 8 heteroatoms. The van der Waals surface area contributed by atoms with Crippen molar-refractivity contribution in [2.75, 3.05) is 6.54 Å². The van der Waals surface area contributed by atoms with Crippen LogP contribution in [0.5, 0.6) is 0 Å². The Hall–Kier alpha value is -3.19. The van der Waals surface area contributed by atoms with Gasteiger partial charge in [-0.1, -0.05) is 41.9 Å². The summed E-state index contributed by atoms with van der Waals surface area (Å²) in [4.78, 5) is 15.9. The van der Waals surface area contributed by atoms with E-state index < -0.39 is 0 Å². The Morgan fingerprint density at radius 3 is 2.79 bits per heavy atom. The van der Waals surface area contributed by atoms with Crippen LogP contribution < -0.4 is 5.32 Å². The minimum atomic E-state index is -0.0520. The van der Waals surface area contributed by atoms with Gasteiger partial charge >= 0.3 is 0 Å². The first-order chi connectivity index (χ1) is 14.2. The van der Waals surface area contributed by atoms with Gasteiger partial charge in [-0.2, -0.15) is 0 Å². The van der Waals surface area contributed by atoms with Gasteiger partial charge in [0, 0.05) is 41.0 Å². The van der Waals surface area contributed by atoms with Crippen molar-refractivity contribution in [3.05, 3.63) is 77.2 Å². The maximum absolute atomic E-state index is 12.6. The maximum atomic E-state index is 12.6. The number of fused-ring (bicyclic) bond motifs is 1. The Labute approximate surface area is 173 Å². The quantitative estimate of drug-likeness (QED) is 0.468. The summed E-state index contributed by atoms with van der Waals surface area (Å²) in [6.45, 7) is 1.10. The van der Waals surface area contributed by atoms with E-state index in [0.29, 0.717) is 24.5 Å². The summed E-state index contributed by atoms with van der Waals surface area (Å²) in [5, 5.41) is 16.2. The van der Waals surface area contributed by atoms with Gasteiger partial charge in [0.15, 0.2) is 0 Å². The first-order valence-corrected chi connectivity index (χ1v) is 9.85. The van der Waals surface area contributed by atoms with Gasteiger partial charge in [-0.25, -0.2) is 4.68 Å². The van der Waals surface area contributed by atoms with Crippen molar-refractivity contribution < 1.29 is 4.79 Å². The van der Waals surface area contributed by atoms with Crippen LogP contribution in [0.2, 0.25) is 5.02 Å². The monoisotopic (exact) mass is 408 g/mol. The smallest absolute Gasteiger partial charge is 0.220 e. The number of benzene rings is 2. The van der Waals surface area contributed by atoms with Crippen molar-refractivity contribution >= 4 is 28.4 Å². The summed E-state index contributed by atoms with van der Waals surface area (Å²) < 4.78 is 1.64. The van der Waals surface area contributed by atoms with E-state index >= 15 is 0 Å². The van der Waals surface area contributed by atoms with E-state index in [9.17, 15) is 4.79 Å². The molecule has 0 saturated heterocycles. The fraction of sp³-hybridized carbons (Fsp3) is 0.238. The molecule has 2 aromatic carbocycles. The van der Waals surface area contributed by atoms with Gasteiger partial charge in [0.1, 0.15) is 6.33 Å². The number of aromatic amines is 1. The topological polar surface area (TPSA) is 88.5 Å². The molecular weight excluding hydrogens is 388 g/mol. The molecule has 2 aromatic heterocycles. The molecule has 0 aliphatic heterocycles. The number of amides is 1. The van der Waals surface area contributed by atoms with Gasteiger partial charge in [0.05, 0.1) is 6.54 Å². The van der Waals surface area contributed by atoms with Gasteiger partial charge in [-0.15, -0.1) is 5.10 Å². The number of nitrogens with one attached hydrogen (secondary N) is 2. The second kappa shape index (κ2) is 8.87. The fourth-order valence-corrected chi connectivity index (χ4v) is 3.61. The number of hydrogen-bond donors (Lipinski definition) is 2. The third kappa shape index (κ3) is 4.81. The molecule has 148 valence electrons. The summed E-state index contributed by atoms with van der Waals surface area (Å²) in [6.07, 6.45) is 4.67. The largest absolute Gasteiger partial charge is 0.361 e. The van der Waals surface area contributed by atoms with Crippen LogP contribution in [-0.2, 0) is 17.8 Å². The molecule has 7 nitrogen and oxygen atoms in total. The normalized spacial score (nSPS) is 12.2. The summed E-state index contributed by atoms with van der Waals surface area (Å²) in [6, 6.07) is 15.7. The number of carbonyl (C=O) groups excluding carboxylic acids is 1. The lowest BCUT2D eigenvalue weighted by Gasteiger charge is -2.17. The van der Waals surface area contributed by atoms with E-state index in [1.165, 1.54) is 10.9 Å². The van der Waals surface area contributed by atoms with Crippen molar-refractivity contribution in [3.63, 3.8) is 0 Å². The van der Waals surface area contributed by atoms with Crippen LogP contribution in [0.1, 0.15) is 23.5 Å². The zero-order valence-corrected chi connectivity index (χ0v) is 16.5. The highest BCUT2D eigenvalue weighted by atomic mass is 35.5. The molecule has 4 aromatic rings. The number of carbonyl (C=O) groups is 1. The van der Waals surface area contributed by atoms with Gasteiger partial charge in [-0.3, -0.25) is 4.79 Å². The number of para-hydroxylation sites is 1. The molecular formula is C21H21ClN6O. The molecule has 0 radical (unpaired) electrons. The van der Waals surface area contributed by atoms with Gasteiger partial charge in [0.25, 0.3) is 0 Å². The van der Waals surface area contributed by atoms with Crippen LogP contribution >= 0.6 is 11.6 Å². The van der Waals surface area contributed by atoms with Crippen LogP contribution in [0, 0.1) is 0 Å². The first-order valence-electron chi connectivity index (χ1n) is 9.47. The van der Waals surface area contributed by atoms with Crippen molar-refractivity contribution in [3.8, 4) is 0 Å². The molecule has 1 atom stereocenters. The van der Waals surface area contributed by atoms with Gasteiger partial charge in [-0.05, 0) is 46.2 Å². The average molecular weight is 409 g/mol. The molecule has 0 aliphatic rings. The standard InChI is InChI=1S/C21H21ClN6O/c22-18-7-5-15(6-8-18)17(13-28-14-25-26-27-28)11-21(29)23-10-9-16-12-24-20-4-2-1-3-19(16)20/h1-8,12,14,17,24H,9-11,13H2,(H,23,29)/t17-/m1/s1. The summed E-state index contributed by atoms with van der Waals surface area (Å²) in [5.41, 5.74) is 3.33. The van der Waals surface area contributed by atoms with Crippen molar-refractivity contribution in [1.82, 2.24) is 30.5 Å². The molecule has 0 fully saturated rings. The number of nitrogens with zero attached hydrogens (tertiary/aromatic N) is 4. The maximum Gasteiger partial charge on any atom is 0.220 e. The Bertz CT molecular complexity index is 1070. The van der Waals surface area contributed by atoms with E-state index in [1.807, 2.05) is 48.7 Å². The minimum Gasteiger partial charge on any atom is -0.361 e. The van der Waals surface area contributed by atoms with Crippen molar-refractivity contribution in [2.45, 2.75) is 25.3 Å². The van der Waals surface area contributed by atoms with Gasteiger partial charge in [0.2, 0.25) is 5.91 Å². The van der Waals surface area contributed by atoms with E-state index in [0.717, 1.165) is 17.5 Å². The summed E-state index contributed by atoms with van der Waals surface area (Å²) in [7, 11) is 0. The molecule has 2 N–H and O–H groups in total. The highest BCUT2D eigenvalue weighted by Gasteiger charge is 2.18. The number of aromatic nitrogens is 5. The average Bonchev–Trinajstić information content (AvgIpc) is 3.38. The van der Waals surface area contributed by atoms with Crippen molar-refractivity contribution in [2.24, 2.45) is 0 Å². The van der Waals surface area contributed by atoms with Crippen LogP contribution in [0.15, 0.2) is 61.1 Å². The Morgan fingerprint density at radius 1 is 1.17 bits per heavy atom. The lowest BCUT2D eigenvalue weighted by Crippen LogP contribution is -2.28. The fourth-order valence-electron chi connectivity index (χ4n) is 3.48. The highest BCUT2D eigenvalue weighted by Crippen LogP contribution is 2.23. The summed E-state index contributed by atoms with van der Waals surface area (Å²) >= 11 is 6.00. The second-order valence-corrected chi connectivity index (χ2v) is 7.38. The number of tetrazole rings is 1. The first kappa shape index (κ1) is 19.1. The molecule has 0 spiro atoms. The van der Waals surface area contributed by atoms with E-state index in [1.54, 1.807) is 11.0 Å². The second-order valence-electron chi connectivity index (χ2n) is 6.94. The zero-order valence-electron chi connectivity index (χ0n) is 15.8. The van der Waals surface area contributed by atoms with Crippen LogP contribution in [0.25, 0.3) is 10.9 Å². The third-order valence-corrected chi connectivity index (χ3v) is 5.22. The number of hydrogen-bond acceptors (Lipinski definition) is 4. The number of rotatable bonds is 8. The van der Waals surface area contributed by atoms with Crippen LogP contribution in [0.3, 0.4) is 0 Å². The number of halogens is 1. The Kier molecular flexibility index (Phi) is 5.86. The van der Waals surface area contributed by atoms with E-state index in [-0.39, 0.29) is 11.8 Å². The predicted octanol–water partition coefficient (Wildman–Crippen LogP) is 3.34. The predicted molar refractivity (Wildman–Crippen MR) is 112 cm³/mol. The van der Waals surface area contributed by atoms with Crippen molar-refractivity contribution in [1.29, 1.82) is 0 Å². The highest BCUT2D eigenvalue weighted by molar-refractivity contribution is 6.30. The number of H-pyrrole nitrogens is 1. The Morgan fingerprint density at radius 2 is 2.00 bits per heavy atom. The van der Waals surface area contributed by atoms with Gasteiger partial charge < -0.3 is 10.3 Å². The summed E-state index contributed by atoms with van der Waals surface area (Å²) in [5.74, 6) is -0.0540. The molecule has 1 amide bonds. The third-order valence-electron chi connectivity index (χ3n) is 4.96. The minimum absolute atomic E-state index is 0.00198. The Balaban J connectivity index is 1.37. The molecule has 0 unspecified atom stereocenters. The van der Waals surface area contributed by atoms with E-state index in [2.05, 4.69) is 31.9 Å². The molecule has 0 saturated carbocycles. The van der Waals surface area contributed by atoms with Crippen LogP contribution in [-0.4, -0.2) is 37.6 Å². The van der Waals surface area contributed by atoms with Crippen LogP contribution in [0.4, 0.5) is 0 Å². The molecule has 0 aliphatic carbocycles.